The summed E-state index contributed by atoms with van der Waals surface area (Å²) in [6.45, 7) is 0. The maximum atomic E-state index is 10.3. The molecule has 5 rings (SSSR count). The van der Waals surface area contributed by atoms with Crippen molar-refractivity contribution in [2.75, 3.05) is 0 Å². The summed E-state index contributed by atoms with van der Waals surface area (Å²) < 4.78 is 0. The molecule has 33 heavy (non-hydrogen) atoms. The Morgan fingerprint density at radius 3 is 1.36 bits per heavy atom. The van der Waals surface area contributed by atoms with Crippen molar-refractivity contribution in [2.24, 2.45) is 9.98 Å². The third-order valence-corrected chi connectivity index (χ3v) is 6.35. The minimum absolute atomic E-state index is 0.376. The van der Waals surface area contributed by atoms with Crippen molar-refractivity contribution >= 4 is 25.0 Å². The normalized spacial score (nSPS) is 14.4. The van der Waals surface area contributed by atoms with Gasteiger partial charge in [-0.2, -0.15) is 0 Å². The van der Waals surface area contributed by atoms with Gasteiger partial charge >= 0.3 is 7.12 Å². The monoisotopic (exact) mass is 430 g/mol. The van der Waals surface area contributed by atoms with E-state index in [9.17, 15) is 10.0 Å². The van der Waals surface area contributed by atoms with E-state index >= 15 is 0 Å². The van der Waals surface area contributed by atoms with Crippen LogP contribution in [0.1, 0.15) is 22.3 Å². The summed E-state index contributed by atoms with van der Waals surface area (Å²) in [7, 11) is -1.66. The fourth-order valence-corrected chi connectivity index (χ4v) is 5.06. The second-order valence-electron chi connectivity index (χ2n) is 8.04. The number of benzene rings is 4. The van der Waals surface area contributed by atoms with E-state index in [1.54, 1.807) is 24.6 Å². The second-order valence-corrected chi connectivity index (χ2v) is 8.04. The van der Waals surface area contributed by atoms with Crippen LogP contribution in [0.15, 0.2) is 125 Å². The van der Waals surface area contributed by atoms with Crippen LogP contribution in [0, 0.1) is 0 Å². The first-order chi connectivity index (χ1) is 16.2. The Morgan fingerprint density at radius 2 is 0.939 bits per heavy atom. The smallest absolute Gasteiger partial charge is 0.423 e. The van der Waals surface area contributed by atoms with Gasteiger partial charge in [0.2, 0.25) is 0 Å². The molecule has 0 saturated carbocycles. The van der Waals surface area contributed by atoms with Gasteiger partial charge in [-0.05, 0) is 22.2 Å². The van der Waals surface area contributed by atoms with E-state index in [1.807, 2.05) is 66.7 Å². The lowest BCUT2D eigenvalue weighted by Gasteiger charge is -2.47. The molecular weight excluding hydrogens is 407 g/mol. The van der Waals surface area contributed by atoms with Gasteiger partial charge in [-0.15, -0.1) is 0 Å². The lowest BCUT2D eigenvalue weighted by molar-refractivity contribution is 0.330. The molecule has 0 fully saturated rings. The molecule has 1 aliphatic rings. The Balaban J connectivity index is 1.99. The van der Waals surface area contributed by atoms with E-state index in [4.69, 9.17) is 9.98 Å². The van der Waals surface area contributed by atoms with Crippen molar-refractivity contribution in [2.45, 2.75) is 11.1 Å². The predicted molar refractivity (Wildman–Crippen MR) is 134 cm³/mol. The van der Waals surface area contributed by atoms with Crippen molar-refractivity contribution in [1.82, 2.24) is 0 Å². The summed E-state index contributed by atoms with van der Waals surface area (Å²) in [5.74, 6) is 0. The summed E-state index contributed by atoms with van der Waals surface area (Å²) in [5, 5.41) is 20.6. The Bertz CT molecular complexity index is 1180. The quantitative estimate of drug-likeness (QED) is 0.362. The molecule has 0 radical (unpaired) electrons. The van der Waals surface area contributed by atoms with Gasteiger partial charge in [0.25, 0.3) is 0 Å². The molecule has 2 N–H and O–H groups in total. The summed E-state index contributed by atoms with van der Waals surface area (Å²) in [6, 6.07) is 37.9. The first-order valence-corrected chi connectivity index (χ1v) is 10.9. The molecule has 4 aromatic rings. The van der Waals surface area contributed by atoms with Gasteiger partial charge in [-0.1, -0.05) is 115 Å². The van der Waals surface area contributed by atoms with Gasteiger partial charge in [-0.3, -0.25) is 9.98 Å². The predicted octanol–water partition coefficient (Wildman–Crippen LogP) is 3.71. The Kier molecular flexibility index (Phi) is 5.51. The Hall–Kier alpha value is -3.80. The molecule has 160 valence electrons. The molecule has 0 bridgehead atoms. The first kappa shape index (κ1) is 21.1. The highest BCUT2D eigenvalue weighted by Gasteiger charge is 2.58. The number of rotatable bonds is 6. The van der Waals surface area contributed by atoms with Crippen LogP contribution in [0.4, 0.5) is 0 Å². The molecule has 0 atom stereocenters. The molecule has 0 aromatic heterocycles. The SMILES string of the molecule is OB(O)c1ccccc1C1(C(c2ccccc2)(c2ccccc2)c2ccccc2)N=CC=N1. The van der Waals surface area contributed by atoms with E-state index < -0.39 is 18.2 Å². The Labute approximate surface area is 193 Å². The lowest BCUT2D eigenvalue weighted by Crippen LogP contribution is -2.52. The van der Waals surface area contributed by atoms with E-state index in [0.29, 0.717) is 11.0 Å². The molecule has 4 nitrogen and oxygen atoms in total. The van der Waals surface area contributed by atoms with Crippen molar-refractivity contribution in [3.8, 4) is 0 Å². The number of hydrogen-bond donors (Lipinski definition) is 2. The molecule has 0 saturated heterocycles. The number of nitrogens with zero attached hydrogens (tertiary/aromatic N) is 2. The van der Waals surface area contributed by atoms with Crippen LogP contribution in [0.5, 0.6) is 0 Å². The summed E-state index contributed by atoms with van der Waals surface area (Å²) in [5.41, 5.74) is 1.94. The highest BCUT2D eigenvalue weighted by Crippen LogP contribution is 2.55. The molecule has 0 spiro atoms. The third kappa shape index (κ3) is 3.25. The van der Waals surface area contributed by atoms with Gasteiger partial charge in [-0.25, -0.2) is 0 Å². The van der Waals surface area contributed by atoms with Gasteiger partial charge in [0.1, 0.15) is 0 Å². The molecule has 1 aliphatic heterocycles. The largest absolute Gasteiger partial charge is 0.488 e. The minimum atomic E-state index is -1.66. The molecule has 4 aromatic carbocycles. The first-order valence-electron chi connectivity index (χ1n) is 10.9. The summed E-state index contributed by atoms with van der Waals surface area (Å²) >= 11 is 0. The second kappa shape index (κ2) is 8.62. The molecule has 0 amide bonds. The Morgan fingerprint density at radius 1 is 0.545 bits per heavy atom. The van der Waals surface area contributed by atoms with Gasteiger partial charge in [0, 0.05) is 18.0 Å². The van der Waals surface area contributed by atoms with Crippen molar-refractivity contribution < 1.29 is 10.0 Å². The molecule has 0 aliphatic carbocycles. The third-order valence-electron chi connectivity index (χ3n) is 6.35. The van der Waals surface area contributed by atoms with Crippen LogP contribution >= 0.6 is 0 Å². The average molecular weight is 430 g/mol. The van der Waals surface area contributed by atoms with Crippen LogP contribution in [0.2, 0.25) is 0 Å². The number of aliphatic imine (C=N–C) groups is 2. The maximum absolute atomic E-state index is 10.3. The topological polar surface area (TPSA) is 65.2 Å². The minimum Gasteiger partial charge on any atom is -0.423 e. The highest BCUT2D eigenvalue weighted by atomic mass is 16.4. The molecule has 5 heteroatoms. The zero-order valence-electron chi connectivity index (χ0n) is 18.0. The zero-order valence-corrected chi connectivity index (χ0v) is 18.0. The van der Waals surface area contributed by atoms with Crippen LogP contribution in [0.3, 0.4) is 0 Å². The van der Waals surface area contributed by atoms with Crippen molar-refractivity contribution in [1.29, 1.82) is 0 Å². The fraction of sp³-hybridized carbons (Fsp3) is 0.0714. The number of hydrogen-bond acceptors (Lipinski definition) is 4. The van der Waals surface area contributed by atoms with Crippen molar-refractivity contribution in [3.05, 3.63) is 138 Å². The van der Waals surface area contributed by atoms with E-state index in [-0.39, 0.29) is 0 Å². The van der Waals surface area contributed by atoms with Gasteiger partial charge in [0.15, 0.2) is 5.66 Å². The van der Waals surface area contributed by atoms with E-state index in [0.717, 1.165) is 16.7 Å². The molecular formula is C28H23BN2O2. The van der Waals surface area contributed by atoms with Gasteiger partial charge in [0.05, 0.1) is 5.41 Å². The van der Waals surface area contributed by atoms with Gasteiger partial charge < -0.3 is 10.0 Å². The zero-order chi connectivity index (χ0) is 22.7. The fourth-order valence-electron chi connectivity index (χ4n) is 5.06. The van der Waals surface area contributed by atoms with Crippen LogP contribution in [-0.2, 0) is 11.1 Å². The molecule has 0 unspecified atom stereocenters. The van der Waals surface area contributed by atoms with Crippen LogP contribution in [-0.4, -0.2) is 29.6 Å². The molecule has 1 heterocycles. The van der Waals surface area contributed by atoms with Crippen LogP contribution < -0.4 is 5.46 Å². The summed E-state index contributed by atoms with van der Waals surface area (Å²) in [4.78, 5) is 10.0. The summed E-state index contributed by atoms with van der Waals surface area (Å²) in [6.07, 6.45) is 3.40. The maximum Gasteiger partial charge on any atom is 0.488 e. The van der Waals surface area contributed by atoms with E-state index in [1.165, 1.54) is 0 Å². The average Bonchev–Trinajstić information content (AvgIpc) is 3.38. The standard InChI is InChI=1S/C28H23BN2O2/c32-29(33)26-19-11-10-18-25(26)28(30-20-21-31-28)27(22-12-4-1-5-13-22,23-14-6-2-7-15-23)24-16-8-3-9-17-24/h1-21,32-33H. The highest BCUT2D eigenvalue weighted by molar-refractivity contribution is 6.59. The van der Waals surface area contributed by atoms with Crippen LogP contribution in [0.25, 0.3) is 0 Å². The lowest BCUT2D eigenvalue weighted by atomic mass is 9.57. The van der Waals surface area contributed by atoms with E-state index in [2.05, 4.69) is 36.4 Å². The van der Waals surface area contributed by atoms with Crippen molar-refractivity contribution in [3.63, 3.8) is 0 Å².